The molecule has 8 heteroatoms. The maximum Gasteiger partial charge on any atom is 0.267 e. The highest BCUT2D eigenvalue weighted by molar-refractivity contribution is 5.91. The van der Waals surface area contributed by atoms with Crippen molar-refractivity contribution in [2.75, 3.05) is 0 Å². The van der Waals surface area contributed by atoms with Gasteiger partial charge in [0.15, 0.2) is 0 Å². The minimum atomic E-state index is -0.618. The Hall–Kier alpha value is -3.94. The van der Waals surface area contributed by atoms with Crippen LogP contribution < -0.4 is 15.2 Å². The normalized spacial score (nSPS) is 10.7. The molecule has 0 spiro atoms. The summed E-state index contributed by atoms with van der Waals surface area (Å²) in [5.41, 5.74) is 6.08. The van der Waals surface area contributed by atoms with E-state index >= 15 is 0 Å². The topological polar surface area (TPSA) is 116 Å². The first kappa shape index (κ1) is 16.5. The summed E-state index contributed by atoms with van der Waals surface area (Å²) in [7, 11) is 0. The molecule has 0 aliphatic carbocycles. The smallest absolute Gasteiger partial charge is 0.267 e. The summed E-state index contributed by atoms with van der Waals surface area (Å²) in [4.78, 5) is 26.9. The van der Waals surface area contributed by atoms with Gasteiger partial charge in [0.2, 0.25) is 5.88 Å². The van der Waals surface area contributed by atoms with Crippen molar-refractivity contribution in [1.29, 1.82) is 0 Å². The number of amides is 1. The van der Waals surface area contributed by atoms with Crippen molar-refractivity contribution in [2.24, 2.45) is 5.73 Å². The van der Waals surface area contributed by atoms with Crippen molar-refractivity contribution in [3.8, 4) is 23.1 Å². The number of aromatic nitrogens is 4. The molecular formula is C19H15N5O3. The van der Waals surface area contributed by atoms with Crippen molar-refractivity contribution >= 4 is 16.9 Å². The lowest BCUT2D eigenvalue weighted by molar-refractivity contribution is 0.0995. The van der Waals surface area contributed by atoms with Crippen LogP contribution in [0.25, 0.3) is 11.0 Å². The monoisotopic (exact) mass is 361 g/mol. The van der Waals surface area contributed by atoms with Crippen LogP contribution in [0.5, 0.6) is 23.1 Å². The molecule has 0 aliphatic rings. The highest BCUT2D eigenvalue weighted by Gasteiger charge is 2.10. The number of aromatic amines is 1. The molecule has 4 rings (SSSR count). The fourth-order valence-corrected chi connectivity index (χ4v) is 2.56. The molecule has 4 aromatic rings. The summed E-state index contributed by atoms with van der Waals surface area (Å²) in [5, 5.41) is 0.784. The van der Waals surface area contributed by atoms with E-state index in [-0.39, 0.29) is 5.69 Å². The second-order valence-corrected chi connectivity index (χ2v) is 5.74. The highest BCUT2D eigenvalue weighted by Crippen LogP contribution is 2.30. The molecule has 0 aliphatic heterocycles. The number of benzene rings is 1. The zero-order valence-electron chi connectivity index (χ0n) is 14.3. The van der Waals surface area contributed by atoms with Gasteiger partial charge in [0.1, 0.15) is 34.4 Å². The largest absolute Gasteiger partial charge is 0.457 e. The summed E-state index contributed by atoms with van der Waals surface area (Å²) in [5.74, 6) is 1.97. The third-order valence-electron chi connectivity index (χ3n) is 3.73. The predicted octanol–water partition coefficient (Wildman–Crippen LogP) is 3.34. The predicted molar refractivity (Wildman–Crippen MR) is 98.0 cm³/mol. The zero-order valence-corrected chi connectivity index (χ0v) is 14.3. The van der Waals surface area contributed by atoms with E-state index in [1.54, 1.807) is 43.5 Å². The SMILES string of the molecule is Cc1nc(Oc2cccc(Oc3ccnc(C(N)=O)c3)c2)c2cc[nH]c2n1. The summed E-state index contributed by atoms with van der Waals surface area (Å²) in [6, 6.07) is 12.1. The Kier molecular flexibility index (Phi) is 4.13. The molecule has 134 valence electrons. The number of primary amides is 1. The number of carbonyl (C=O) groups is 1. The van der Waals surface area contributed by atoms with E-state index in [2.05, 4.69) is 19.9 Å². The van der Waals surface area contributed by atoms with Gasteiger partial charge in [-0.2, -0.15) is 4.98 Å². The van der Waals surface area contributed by atoms with Crippen molar-refractivity contribution in [3.05, 3.63) is 66.4 Å². The van der Waals surface area contributed by atoms with Gasteiger partial charge in [-0.25, -0.2) is 4.98 Å². The number of nitrogens with one attached hydrogen (secondary N) is 1. The molecular weight excluding hydrogens is 346 g/mol. The van der Waals surface area contributed by atoms with Crippen LogP contribution in [0.4, 0.5) is 0 Å². The Morgan fingerprint density at radius 1 is 1.04 bits per heavy atom. The molecule has 3 N–H and O–H groups in total. The number of ether oxygens (including phenoxy) is 2. The van der Waals surface area contributed by atoms with Crippen LogP contribution in [0.1, 0.15) is 16.3 Å². The maximum atomic E-state index is 11.2. The molecule has 27 heavy (non-hydrogen) atoms. The Morgan fingerprint density at radius 3 is 2.63 bits per heavy atom. The van der Waals surface area contributed by atoms with Gasteiger partial charge in [-0.1, -0.05) is 6.07 Å². The number of nitrogens with zero attached hydrogens (tertiary/aromatic N) is 3. The highest BCUT2D eigenvalue weighted by atomic mass is 16.5. The molecule has 0 saturated heterocycles. The first-order valence-corrected chi connectivity index (χ1v) is 8.12. The lowest BCUT2D eigenvalue weighted by atomic mass is 10.3. The number of aryl methyl sites for hydroxylation is 1. The van der Waals surface area contributed by atoms with Gasteiger partial charge in [-0.05, 0) is 31.2 Å². The van der Waals surface area contributed by atoms with E-state index in [4.69, 9.17) is 15.2 Å². The van der Waals surface area contributed by atoms with E-state index in [1.165, 1.54) is 12.3 Å². The standard InChI is InChI=1S/C19H15N5O3/c1-11-23-18-15(6-8-22-18)19(24-11)27-13-4-2-3-12(9-13)26-14-5-7-21-16(10-14)17(20)25/h2-10H,1H3,(H2,20,25)(H,22,23,24). The van der Waals surface area contributed by atoms with Gasteiger partial charge < -0.3 is 20.2 Å². The van der Waals surface area contributed by atoms with Gasteiger partial charge in [0.25, 0.3) is 5.91 Å². The number of nitrogens with two attached hydrogens (primary N) is 1. The number of pyridine rings is 1. The van der Waals surface area contributed by atoms with Crippen molar-refractivity contribution < 1.29 is 14.3 Å². The molecule has 0 atom stereocenters. The lowest BCUT2D eigenvalue weighted by Crippen LogP contribution is -2.12. The molecule has 0 fully saturated rings. The van der Waals surface area contributed by atoms with Crippen LogP contribution in [-0.2, 0) is 0 Å². The number of rotatable bonds is 5. The Balaban J connectivity index is 1.60. The van der Waals surface area contributed by atoms with E-state index in [0.29, 0.717) is 34.6 Å². The molecule has 8 nitrogen and oxygen atoms in total. The van der Waals surface area contributed by atoms with Crippen LogP contribution in [0.15, 0.2) is 54.9 Å². The van der Waals surface area contributed by atoms with E-state index in [1.807, 2.05) is 6.07 Å². The first-order valence-electron chi connectivity index (χ1n) is 8.12. The van der Waals surface area contributed by atoms with Gasteiger partial charge in [-0.3, -0.25) is 9.78 Å². The van der Waals surface area contributed by atoms with Crippen LogP contribution in [0, 0.1) is 6.92 Å². The molecule has 0 bridgehead atoms. The van der Waals surface area contributed by atoms with Gasteiger partial charge in [0, 0.05) is 24.5 Å². The van der Waals surface area contributed by atoms with E-state index in [0.717, 1.165) is 5.39 Å². The Labute approximate surface area is 154 Å². The molecule has 0 radical (unpaired) electrons. The fraction of sp³-hybridized carbons (Fsp3) is 0.0526. The Bertz CT molecular complexity index is 1140. The quantitative estimate of drug-likeness (QED) is 0.563. The van der Waals surface area contributed by atoms with Gasteiger partial charge in [0.05, 0.1) is 5.39 Å². The average Bonchev–Trinajstić information content (AvgIpc) is 3.11. The van der Waals surface area contributed by atoms with Crippen LogP contribution in [0.3, 0.4) is 0 Å². The number of H-pyrrole nitrogens is 1. The van der Waals surface area contributed by atoms with Gasteiger partial charge in [-0.15, -0.1) is 0 Å². The fourth-order valence-electron chi connectivity index (χ4n) is 2.56. The molecule has 3 heterocycles. The van der Waals surface area contributed by atoms with Crippen LogP contribution in [-0.4, -0.2) is 25.8 Å². The number of carbonyl (C=O) groups excluding carboxylic acids is 1. The summed E-state index contributed by atoms with van der Waals surface area (Å²) < 4.78 is 11.7. The van der Waals surface area contributed by atoms with Crippen molar-refractivity contribution in [2.45, 2.75) is 6.92 Å². The summed E-state index contributed by atoms with van der Waals surface area (Å²) in [6.07, 6.45) is 3.24. The average molecular weight is 361 g/mol. The van der Waals surface area contributed by atoms with Crippen LogP contribution in [0.2, 0.25) is 0 Å². The third kappa shape index (κ3) is 3.54. The number of hydrogen-bond acceptors (Lipinski definition) is 6. The number of fused-ring (bicyclic) bond motifs is 1. The van der Waals surface area contributed by atoms with Crippen molar-refractivity contribution in [1.82, 2.24) is 19.9 Å². The lowest BCUT2D eigenvalue weighted by Gasteiger charge is -2.10. The summed E-state index contributed by atoms with van der Waals surface area (Å²) >= 11 is 0. The molecule has 1 amide bonds. The number of hydrogen-bond donors (Lipinski definition) is 2. The zero-order chi connectivity index (χ0) is 18.8. The van der Waals surface area contributed by atoms with Crippen LogP contribution >= 0.6 is 0 Å². The van der Waals surface area contributed by atoms with Crippen molar-refractivity contribution in [3.63, 3.8) is 0 Å². The third-order valence-corrected chi connectivity index (χ3v) is 3.73. The Morgan fingerprint density at radius 2 is 1.81 bits per heavy atom. The summed E-state index contributed by atoms with van der Waals surface area (Å²) in [6.45, 7) is 1.80. The first-order chi connectivity index (χ1) is 13.1. The van der Waals surface area contributed by atoms with Gasteiger partial charge >= 0.3 is 0 Å². The molecule has 0 unspecified atom stereocenters. The second-order valence-electron chi connectivity index (χ2n) is 5.74. The molecule has 0 saturated carbocycles. The second kappa shape index (κ2) is 6.75. The minimum Gasteiger partial charge on any atom is -0.457 e. The minimum absolute atomic E-state index is 0.131. The maximum absolute atomic E-state index is 11.2. The molecule has 1 aromatic carbocycles. The van der Waals surface area contributed by atoms with E-state index in [9.17, 15) is 4.79 Å². The molecule has 3 aromatic heterocycles. The van der Waals surface area contributed by atoms with E-state index < -0.39 is 5.91 Å².